The lowest BCUT2D eigenvalue weighted by Crippen LogP contribution is -2.38. The van der Waals surface area contributed by atoms with E-state index in [9.17, 15) is 4.79 Å². The first-order valence-corrected chi connectivity index (χ1v) is 7.89. The van der Waals surface area contributed by atoms with Gasteiger partial charge >= 0.3 is 0 Å². The second-order valence-electron chi connectivity index (χ2n) is 5.42. The Labute approximate surface area is 123 Å². The van der Waals surface area contributed by atoms with Crippen molar-refractivity contribution in [1.29, 1.82) is 0 Å². The Hall–Kier alpha value is -0.840. The molecule has 1 fully saturated rings. The van der Waals surface area contributed by atoms with Gasteiger partial charge in [0.1, 0.15) is 6.04 Å². The number of carbonyl (C=O) groups excluding carboxylic acids is 1. The largest absolute Gasteiger partial charge is 0.352 e. The fourth-order valence-corrected chi connectivity index (χ4v) is 2.81. The van der Waals surface area contributed by atoms with Gasteiger partial charge in [0.05, 0.1) is 10.2 Å². The molecule has 1 aromatic heterocycles. The second kappa shape index (κ2) is 6.55. The minimum Gasteiger partial charge on any atom is -0.352 e. The van der Waals surface area contributed by atoms with Crippen LogP contribution in [0.25, 0.3) is 0 Å². The number of hydrogen-bond acceptors (Lipinski definition) is 2. The molecule has 106 valence electrons. The average molecular weight is 328 g/mol. The Morgan fingerprint density at radius 1 is 1.42 bits per heavy atom. The van der Waals surface area contributed by atoms with Crippen molar-refractivity contribution in [3.05, 3.63) is 16.4 Å². The molecule has 1 N–H and O–H groups in total. The zero-order valence-corrected chi connectivity index (χ0v) is 13.2. The van der Waals surface area contributed by atoms with E-state index in [1.807, 2.05) is 20.0 Å². The van der Waals surface area contributed by atoms with Crippen molar-refractivity contribution >= 4 is 21.8 Å². The van der Waals surface area contributed by atoms with Crippen LogP contribution in [0.3, 0.4) is 0 Å². The van der Waals surface area contributed by atoms with Gasteiger partial charge in [-0.1, -0.05) is 25.7 Å². The molecule has 0 aliphatic heterocycles. The predicted molar refractivity (Wildman–Crippen MR) is 79.0 cm³/mol. The van der Waals surface area contributed by atoms with Gasteiger partial charge in [-0.3, -0.25) is 9.48 Å². The topological polar surface area (TPSA) is 46.9 Å². The fourth-order valence-electron chi connectivity index (χ4n) is 2.52. The molecule has 1 heterocycles. The first-order valence-electron chi connectivity index (χ1n) is 7.09. The van der Waals surface area contributed by atoms with Crippen LogP contribution in [0.15, 0.2) is 10.7 Å². The van der Waals surface area contributed by atoms with Crippen molar-refractivity contribution in [2.45, 2.75) is 64.5 Å². The molecule has 19 heavy (non-hydrogen) atoms. The van der Waals surface area contributed by atoms with E-state index in [2.05, 4.69) is 26.3 Å². The highest BCUT2D eigenvalue weighted by Crippen LogP contribution is 2.19. The molecule has 1 aromatic rings. The molecule has 1 aliphatic carbocycles. The van der Waals surface area contributed by atoms with Crippen molar-refractivity contribution in [1.82, 2.24) is 15.1 Å². The molecule has 0 spiro atoms. The fraction of sp³-hybridized carbons (Fsp3) is 0.714. The summed E-state index contributed by atoms with van der Waals surface area (Å²) >= 11 is 3.43. The van der Waals surface area contributed by atoms with Gasteiger partial charge in [0.15, 0.2) is 0 Å². The maximum atomic E-state index is 12.3. The van der Waals surface area contributed by atoms with Gasteiger partial charge in [-0.25, -0.2) is 0 Å². The Morgan fingerprint density at radius 2 is 2.05 bits per heavy atom. The summed E-state index contributed by atoms with van der Waals surface area (Å²) in [7, 11) is 0. The van der Waals surface area contributed by atoms with E-state index in [0.29, 0.717) is 6.04 Å². The normalized spacial score (nSPS) is 18.9. The van der Waals surface area contributed by atoms with Crippen LogP contribution in [0, 0.1) is 6.92 Å². The van der Waals surface area contributed by atoms with E-state index >= 15 is 0 Å². The summed E-state index contributed by atoms with van der Waals surface area (Å²) in [5.74, 6) is 0.0712. The second-order valence-corrected chi connectivity index (χ2v) is 6.27. The molecule has 0 unspecified atom stereocenters. The molecular formula is C14H22BrN3O. The van der Waals surface area contributed by atoms with Crippen molar-refractivity contribution in [2.24, 2.45) is 0 Å². The van der Waals surface area contributed by atoms with Crippen molar-refractivity contribution in [2.75, 3.05) is 0 Å². The van der Waals surface area contributed by atoms with Crippen molar-refractivity contribution < 1.29 is 4.79 Å². The summed E-state index contributed by atoms with van der Waals surface area (Å²) < 4.78 is 2.67. The van der Waals surface area contributed by atoms with Gasteiger partial charge in [0.25, 0.3) is 0 Å². The van der Waals surface area contributed by atoms with Gasteiger partial charge in [-0.2, -0.15) is 5.10 Å². The minimum atomic E-state index is -0.256. The third-order valence-electron chi connectivity index (χ3n) is 3.83. The minimum absolute atomic E-state index is 0.0712. The third-order valence-corrected chi connectivity index (χ3v) is 4.61. The molecule has 1 amide bonds. The molecule has 0 aromatic carbocycles. The van der Waals surface area contributed by atoms with Gasteiger partial charge < -0.3 is 5.32 Å². The molecule has 0 radical (unpaired) electrons. The Kier molecular flexibility index (Phi) is 5.02. The summed E-state index contributed by atoms with van der Waals surface area (Å²) in [6.07, 6.45) is 9.14. The Balaban J connectivity index is 1.94. The summed E-state index contributed by atoms with van der Waals surface area (Å²) in [6.45, 7) is 3.82. The van der Waals surface area contributed by atoms with Crippen LogP contribution < -0.4 is 5.32 Å². The van der Waals surface area contributed by atoms with E-state index in [0.717, 1.165) is 23.0 Å². The molecule has 1 aliphatic rings. The number of rotatable bonds is 3. The molecule has 2 rings (SSSR count). The van der Waals surface area contributed by atoms with Gasteiger partial charge in [-0.05, 0) is 42.6 Å². The van der Waals surface area contributed by atoms with Crippen LogP contribution in [0.5, 0.6) is 0 Å². The van der Waals surface area contributed by atoms with E-state index in [1.165, 1.54) is 25.7 Å². The maximum absolute atomic E-state index is 12.3. The third kappa shape index (κ3) is 3.81. The van der Waals surface area contributed by atoms with Crippen LogP contribution in [-0.4, -0.2) is 21.7 Å². The number of aryl methyl sites for hydroxylation is 1. The lowest BCUT2D eigenvalue weighted by Gasteiger charge is -2.19. The Morgan fingerprint density at radius 3 is 2.58 bits per heavy atom. The van der Waals surface area contributed by atoms with Crippen LogP contribution in [0.2, 0.25) is 0 Å². The number of aromatic nitrogens is 2. The number of carbonyl (C=O) groups is 1. The monoisotopic (exact) mass is 327 g/mol. The molecule has 0 saturated heterocycles. The molecule has 1 atom stereocenters. The molecule has 0 bridgehead atoms. The molecular weight excluding hydrogens is 306 g/mol. The summed E-state index contributed by atoms with van der Waals surface area (Å²) in [5.41, 5.74) is 0.911. The number of nitrogens with one attached hydrogen (secondary N) is 1. The van der Waals surface area contributed by atoms with Crippen LogP contribution in [0.1, 0.15) is 57.2 Å². The SMILES string of the molecule is Cc1nn([C@H](C)C(=O)NC2CCCCCC2)cc1Br. The van der Waals surface area contributed by atoms with E-state index in [4.69, 9.17) is 0 Å². The lowest BCUT2D eigenvalue weighted by atomic mass is 10.1. The van der Waals surface area contributed by atoms with E-state index in [1.54, 1.807) is 4.68 Å². The first kappa shape index (κ1) is 14.6. The smallest absolute Gasteiger partial charge is 0.244 e. The summed E-state index contributed by atoms with van der Waals surface area (Å²) in [5, 5.41) is 7.52. The number of hydrogen-bond donors (Lipinski definition) is 1. The summed E-state index contributed by atoms with van der Waals surface area (Å²) in [6, 6.07) is 0.0887. The highest BCUT2D eigenvalue weighted by Gasteiger charge is 2.21. The van der Waals surface area contributed by atoms with Gasteiger partial charge in [0, 0.05) is 12.2 Å². The quantitative estimate of drug-likeness (QED) is 0.865. The van der Waals surface area contributed by atoms with E-state index in [-0.39, 0.29) is 11.9 Å². The van der Waals surface area contributed by atoms with Gasteiger partial charge in [0.2, 0.25) is 5.91 Å². The molecule has 1 saturated carbocycles. The predicted octanol–water partition coefficient (Wildman–Crippen LogP) is 3.35. The van der Waals surface area contributed by atoms with Crippen LogP contribution in [-0.2, 0) is 4.79 Å². The van der Waals surface area contributed by atoms with Crippen molar-refractivity contribution in [3.8, 4) is 0 Å². The average Bonchev–Trinajstić information content (AvgIpc) is 2.58. The molecule has 4 nitrogen and oxygen atoms in total. The zero-order valence-electron chi connectivity index (χ0n) is 11.7. The highest BCUT2D eigenvalue weighted by molar-refractivity contribution is 9.10. The van der Waals surface area contributed by atoms with Crippen LogP contribution >= 0.6 is 15.9 Å². The van der Waals surface area contributed by atoms with E-state index < -0.39 is 0 Å². The van der Waals surface area contributed by atoms with Gasteiger partial charge in [-0.15, -0.1) is 0 Å². The Bertz CT molecular complexity index is 416. The zero-order chi connectivity index (χ0) is 13.8. The lowest BCUT2D eigenvalue weighted by molar-refractivity contribution is -0.124. The number of halogens is 1. The molecule has 5 heteroatoms. The maximum Gasteiger partial charge on any atom is 0.244 e. The highest BCUT2D eigenvalue weighted by atomic mass is 79.9. The summed E-state index contributed by atoms with van der Waals surface area (Å²) in [4.78, 5) is 12.3. The standard InChI is InChI=1S/C14H22BrN3O/c1-10-13(15)9-18(17-10)11(2)14(19)16-12-7-5-3-4-6-8-12/h9,11-12H,3-8H2,1-2H3,(H,16,19)/t11-/m1/s1. The van der Waals surface area contributed by atoms with Crippen molar-refractivity contribution in [3.63, 3.8) is 0 Å². The number of amides is 1. The van der Waals surface area contributed by atoms with Crippen LogP contribution in [0.4, 0.5) is 0 Å². The number of nitrogens with zero attached hydrogens (tertiary/aromatic N) is 2. The first-order chi connectivity index (χ1) is 9.08.